The lowest BCUT2D eigenvalue weighted by atomic mass is 9.94. The SMILES string of the molecule is c1ccc(-c2cc(-c3ccccc3)nc(-c3c(-c4nc5ccccc5o4)c(-n4c5ccccc5c5ccc6ccccc6c54)c(-n4c5ccccc5c5ccc6ccccc6c54)c(-n4c5ccccc5c5ccc6ccccc6c54)c3-n3c4ccccc4c4ccc5ccccc5c43)n2)cc1. The molecule has 16 aromatic carbocycles. The van der Waals surface area contributed by atoms with Crippen molar-refractivity contribution in [1.29, 1.82) is 0 Å². The number of rotatable bonds is 8. The maximum absolute atomic E-state index is 7.75. The van der Waals surface area contributed by atoms with Crippen LogP contribution in [0.3, 0.4) is 0 Å². The van der Waals surface area contributed by atoms with Gasteiger partial charge in [-0.1, -0.05) is 291 Å². The fourth-order valence-electron chi connectivity index (χ4n) is 16.9. The fourth-order valence-corrected chi connectivity index (χ4v) is 16.9. The Labute approximate surface area is 577 Å². The van der Waals surface area contributed by atoms with E-state index in [1.165, 1.54) is 0 Å². The summed E-state index contributed by atoms with van der Waals surface area (Å²) >= 11 is 0. The molecule has 0 saturated carbocycles. The van der Waals surface area contributed by atoms with Crippen molar-refractivity contribution in [3.8, 4) is 68.1 Å². The number of oxazole rings is 1. The van der Waals surface area contributed by atoms with Crippen molar-refractivity contribution in [2.75, 3.05) is 0 Å². The first kappa shape index (κ1) is 55.4. The summed E-state index contributed by atoms with van der Waals surface area (Å²) < 4.78 is 18.2. The zero-order valence-electron chi connectivity index (χ0n) is 54.3. The van der Waals surface area contributed by atoms with Crippen LogP contribution in [0.4, 0.5) is 0 Å². The molecule has 0 unspecified atom stereocenters. The summed E-state index contributed by atoms with van der Waals surface area (Å²) in [5.74, 6) is 0.872. The fraction of sp³-hybridized carbons (Fsp3) is 0. The van der Waals surface area contributed by atoms with Gasteiger partial charge in [-0.25, -0.2) is 15.0 Å². The number of para-hydroxylation sites is 6. The zero-order chi connectivity index (χ0) is 66.0. The van der Waals surface area contributed by atoms with Gasteiger partial charge in [0.15, 0.2) is 11.4 Å². The molecule has 0 bridgehead atoms. The third-order valence-corrected chi connectivity index (χ3v) is 21.1. The van der Waals surface area contributed by atoms with Crippen LogP contribution in [0.5, 0.6) is 0 Å². The molecule has 6 aromatic heterocycles. The highest BCUT2D eigenvalue weighted by molar-refractivity contribution is 6.26. The summed E-state index contributed by atoms with van der Waals surface area (Å²) in [5, 5.41) is 17.6. The van der Waals surface area contributed by atoms with Crippen molar-refractivity contribution in [3.63, 3.8) is 0 Å². The highest BCUT2D eigenvalue weighted by Crippen LogP contribution is 2.56. The predicted molar refractivity (Wildman–Crippen MR) is 419 cm³/mol. The van der Waals surface area contributed by atoms with E-state index >= 15 is 0 Å². The second kappa shape index (κ2) is 21.4. The largest absolute Gasteiger partial charge is 0.436 e. The molecular weight excluding hydrogens is 1230 g/mol. The number of hydrogen-bond donors (Lipinski definition) is 0. The molecule has 0 fully saturated rings. The first-order chi connectivity index (χ1) is 50.2. The normalized spacial score (nSPS) is 12.2. The summed E-state index contributed by atoms with van der Waals surface area (Å²) in [7, 11) is 0. The first-order valence-electron chi connectivity index (χ1n) is 34.4. The number of fused-ring (bicyclic) bond motifs is 21. The molecule has 0 saturated heterocycles. The van der Waals surface area contributed by atoms with Crippen molar-refractivity contribution in [2.45, 2.75) is 0 Å². The van der Waals surface area contributed by atoms with Gasteiger partial charge in [-0.15, -0.1) is 0 Å². The number of aromatic nitrogens is 7. The van der Waals surface area contributed by atoms with E-state index in [9.17, 15) is 0 Å². The Morgan fingerprint density at radius 2 is 0.535 bits per heavy atom. The van der Waals surface area contributed by atoms with E-state index in [0.717, 1.165) is 176 Å². The van der Waals surface area contributed by atoms with Gasteiger partial charge in [0.2, 0.25) is 5.89 Å². The van der Waals surface area contributed by atoms with Gasteiger partial charge in [0, 0.05) is 75.8 Å². The lowest BCUT2D eigenvalue weighted by molar-refractivity contribution is 0.619. The van der Waals surface area contributed by atoms with E-state index in [1.807, 2.05) is 18.2 Å². The monoisotopic (exact) mass is 1290 g/mol. The molecule has 22 aromatic rings. The molecular formula is C93H55N7O. The third kappa shape index (κ3) is 7.98. The van der Waals surface area contributed by atoms with Crippen molar-refractivity contribution < 1.29 is 4.42 Å². The summed E-state index contributed by atoms with van der Waals surface area (Å²) in [4.78, 5) is 18.2. The average molecular weight is 1290 g/mol. The zero-order valence-corrected chi connectivity index (χ0v) is 54.3. The molecule has 0 N–H and O–H groups in total. The van der Waals surface area contributed by atoms with E-state index in [1.54, 1.807) is 0 Å². The molecule has 8 nitrogen and oxygen atoms in total. The Balaban J connectivity index is 1.15. The molecule has 6 heterocycles. The predicted octanol–water partition coefficient (Wildman–Crippen LogP) is 24.3. The van der Waals surface area contributed by atoms with Crippen molar-refractivity contribution >= 4 is 141 Å². The van der Waals surface area contributed by atoms with Gasteiger partial charge in [-0.05, 0) is 64.0 Å². The van der Waals surface area contributed by atoms with Crippen LogP contribution < -0.4 is 0 Å². The molecule has 0 amide bonds. The molecule has 0 atom stereocenters. The summed E-state index contributed by atoms with van der Waals surface area (Å²) in [5.41, 5.74) is 17.7. The molecule has 101 heavy (non-hydrogen) atoms. The van der Waals surface area contributed by atoms with Crippen LogP contribution in [0.2, 0.25) is 0 Å². The maximum atomic E-state index is 7.75. The molecule has 8 heteroatoms. The van der Waals surface area contributed by atoms with E-state index in [0.29, 0.717) is 33.9 Å². The Morgan fingerprint density at radius 3 is 0.911 bits per heavy atom. The van der Waals surface area contributed by atoms with Gasteiger partial charge >= 0.3 is 0 Å². The lowest BCUT2D eigenvalue weighted by Crippen LogP contribution is -2.17. The van der Waals surface area contributed by atoms with Gasteiger partial charge in [0.05, 0.1) is 89.4 Å². The summed E-state index contributed by atoms with van der Waals surface area (Å²) in [6.07, 6.45) is 0. The second-order valence-corrected chi connectivity index (χ2v) is 26.5. The van der Waals surface area contributed by atoms with Gasteiger partial charge < -0.3 is 22.7 Å². The Bertz CT molecular complexity index is 7180. The molecule has 22 rings (SSSR count). The maximum Gasteiger partial charge on any atom is 0.230 e. The van der Waals surface area contributed by atoms with Crippen molar-refractivity contribution in [1.82, 2.24) is 33.2 Å². The van der Waals surface area contributed by atoms with Crippen LogP contribution in [-0.4, -0.2) is 33.2 Å². The standard InChI is InChI=1S/C93H55N7O/c1-3-29-60(30-4-1)75-55-76(61-31-5-2-6-32-61)95-92(94-75)82-83(93-96-74-41-19-24-46-81(74)101-93)89(98-78-43-21-16-38-67(78)71-52-48-57-26-8-12-34-63(57)85(71)98)91(100-80-45-23-18-40-69(80)73-54-50-59-28-10-14-36-65(59)87(73)100)90(99-79-44-22-17-39-68(79)72-53-49-58-27-9-13-35-64(58)86(72)99)88(82)97-77-42-20-15-37-66(77)70-51-47-56-25-7-11-33-62(56)84(70)97/h1-55H. The molecule has 468 valence electrons. The van der Waals surface area contributed by atoms with Crippen LogP contribution in [0, 0.1) is 0 Å². The average Bonchev–Trinajstić information content (AvgIpc) is 1.57. The lowest BCUT2D eigenvalue weighted by Gasteiger charge is -2.30. The van der Waals surface area contributed by atoms with Crippen LogP contribution >= 0.6 is 0 Å². The highest BCUT2D eigenvalue weighted by atomic mass is 16.3. The Kier molecular flexibility index (Phi) is 11.7. The first-order valence-corrected chi connectivity index (χ1v) is 34.4. The Hall–Kier alpha value is -13.7. The molecule has 0 spiro atoms. The molecule has 0 aliphatic rings. The van der Waals surface area contributed by atoms with E-state index in [2.05, 4.69) is 334 Å². The quantitative estimate of drug-likeness (QED) is 0.152. The van der Waals surface area contributed by atoms with Gasteiger partial charge in [0.25, 0.3) is 0 Å². The van der Waals surface area contributed by atoms with E-state index in [4.69, 9.17) is 19.4 Å². The minimum Gasteiger partial charge on any atom is -0.436 e. The van der Waals surface area contributed by atoms with E-state index < -0.39 is 0 Å². The van der Waals surface area contributed by atoms with Crippen molar-refractivity contribution in [3.05, 3.63) is 334 Å². The van der Waals surface area contributed by atoms with E-state index in [-0.39, 0.29) is 0 Å². The van der Waals surface area contributed by atoms with Gasteiger partial charge in [0.1, 0.15) is 5.52 Å². The van der Waals surface area contributed by atoms with Crippen LogP contribution in [-0.2, 0) is 0 Å². The summed E-state index contributed by atoms with van der Waals surface area (Å²) in [6, 6.07) is 121. The minimum atomic E-state index is 0.398. The van der Waals surface area contributed by atoms with Crippen molar-refractivity contribution in [2.24, 2.45) is 0 Å². The summed E-state index contributed by atoms with van der Waals surface area (Å²) in [6.45, 7) is 0. The topological polar surface area (TPSA) is 71.5 Å². The smallest absolute Gasteiger partial charge is 0.230 e. The van der Waals surface area contributed by atoms with Crippen LogP contribution in [0.1, 0.15) is 0 Å². The Morgan fingerprint density at radius 1 is 0.228 bits per heavy atom. The number of benzene rings is 16. The second-order valence-electron chi connectivity index (χ2n) is 26.5. The van der Waals surface area contributed by atoms with Crippen LogP contribution in [0.15, 0.2) is 338 Å². The number of hydrogen-bond acceptors (Lipinski definition) is 4. The molecule has 0 aliphatic heterocycles. The van der Waals surface area contributed by atoms with Gasteiger partial charge in [-0.3, -0.25) is 0 Å². The third-order valence-electron chi connectivity index (χ3n) is 21.1. The van der Waals surface area contributed by atoms with Crippen LogP contribution in [0.25, 0.3) is 210 Å². The highest BCUT2D eigenvalue weighted by Gasteiger charge is 2.39. The molecule has 0 radical (unpaired) electrons. The minimum absolute atomic E-state index is 0.398. The molecule has 0 aliphatic carbocycles. The number of nitrogens with zero attached hydrogens (tertiary/aromatic N) is 7. The van der Waals surface area contributed by atoms with Gasteiger partial charge in [-0.2, -0.15) is 0 Å².